The summed E-state index contributed by atoms with van der Waals surface area (Å²) < 4.78 is 13.8. The monoisotopic (exact) mass is 377 g/mol. The molecule has 2 aromatic rings. The molecular formula is C14H11BrCl2FNO. The van der Waals surface area contributed by atoms with Gasteiger partial charge >= 0.3 is 0 Å². The highest BCUT2D eigenvalue weighted by Crippen LogP contribution is 2.36. The van der Waals surface area contributed by atoms with Gasteiger partial charge in [0.05, 0.1) is 21.8 Å². The zero-order valence-electron chi connectivity index (χ0n) is 10.2. The molecule has 0 aromatic heterocycles. The van der Waals surface area contributed by atoms with E-state index < -0.39 is 6.10 Å². The van der Waals surface area contributed by atoms with Gasteiger partial charge in [0.1, 0.15) is 5.82 Å². The molecule has 0 bridgehead atoms. The highest BCUT2D eigenvalue weighted by atomic mass is 79.9. The molecule has 2 rings (SSSR count). The maximum atomic E-state index is 13.1. The Kier molecular flexibility index (Phi) is 5.27. The van der Waals surface area contributed by atoms with Crippen LogP contribution in [0.5, 0.6) is 0 Å². The average molecular weight is 379 g/mol. The van der Waals surface area contributed by atoms with E-state index in [0.717, 1.165) is 0 Å². The molecule has 0 saturated heterocycles. The molecule has 1 atom stereocenters. The summed E-state index contributed by atoms with van der Waals surface area (Å²) in [5.41, 5.74) is 1.10. The molecule has 0 aliphatic heterocycles. The first-order valence-corrected chi connectivity index (χ1v) is 7.35. The molecule has 0 aliphatic rings. The van der Waals surface area contributed by atoms with Crippen LogP contribution in [0.4, 0.5) is 10.1 Å². The van der Waals surface area contributed by atoms with Crippen LogP contribution in [0.2, 0.25) is 10.0 Å². The average Bonchev–Trinajstić information content (AvgIpc) is 2.44. The van der Waals surface area contributed by atoms with E-state index in [0.29, 0.717) is 25.8 Å². The molecule has 6 heteroatoms. The fraction of sp³-hybridized carbons (Fsp3) is 0.143. The lowest BCUT2D eigenvalue weighted by atomic mass is 10.1. The van der Waals surface area contributed by atoms with Crippen molar-refractivity contribution in [3.63, 3.8) is 0 Å². The molecule has 0 saturated carbocycles. The Morgan fingerprint density at radius 1 is 1.20 bits per heavy atom. The van der Waals surface area contributed by atoms with E-state index in [1.54, 1.807) is 24.3 Å². The van der Waals surface area contributed by atoms with Gasteiger partial charge in [-0.05, 0) is 45.8 Å². The minimum atomic E-state index is -0.843. The zero-order valence-corrected chi connectivity index (χ0v) is 13.3. The second-order valence-electron chi connectivity index (χ2n) is 4.17. The van der Waals surface area contributed by atoms with Crippen molar-refractivity contribution < 1.29 is 9.50 Å². The lowest BCUT2D eigenvalue weighted by Gasteiger charge is -2.15. The van der Waals surface area contributed by atoms with Gasteiger partial charge in [0, 0.05) is 11.0 Å². The van der Waals surface area contributed by atoms with Gasteiger partial charge in [0.2, 0.25) is 0 Å². The van der Waals surface area contributed by atoms with Gasteiger partial charge in [-0.2, -0.15) is 0 Å². The second-order valence-corrected chi connectivity index (χ2v) is 5.78. The lowest BCUT2D eigenvalue weighted by Crippen LogP contribution is -2.12. The summed E-state index contributed by atoms with van der Waals surface area (Å²) in [6.07, 6.45) is -0.843. The third-order valence-electron chi connectivity index (χ3n) is 2.75. The van der Waals surface area contributed by atoms with E-state index in [1.807, 2.05) is 0 Å². The van der Waals surface area contributed by atoms with Gasteiger partial charge in [-0.3, -0.25) is 0 Å². The fourth-order valence-electron chi connectivity index (χ4n) is 1.70. The first-order valence-electron chi connectivity index (χ1n) is 5.80. The summed E-state index contributed by atoms with van der Waals surface area (Å²) in [4.78, 5) is 0. The molecular weight excluding hydrogens is 368 g/mol. The topological polar surface area (TPSA) is 32.3 Å². The number of hydrogen-bond donors (Lipinski definition) is 2. The summed E-state index contributed by atoms with van der Waals surface area (Å²) in [5, 5.41) is 13.8. The number of hydrogen-bond acceptors (Lipinski definition) is 2. The van der Waals surface area contributed by atoms with Crippen molar-refractivity contribution in [2.45, 2.75) is 6.10 Å². The Balaban J connectivity index is 2.07. The number of rotatable bonds is 4. The van der Waals surface area contributed by atoms with Crippen LogP contribution in [0.1, 0.15) is 11.7 Å². The fourth-order valence-corrected chi connectivity index (χ4v) is 2.54. The summed E-state index contributed by atoms with van der Waals surface area (Å²) in [5.74, 6) is -0.383. The molecule has 2 nitrogen and oxygen atoms in total. The molecule has 0 fully saturated rings. The van der Waals surface area contributed by atoms with Crippen molar-refractivity contribution in [3.8, 4) is 0 Å². The zero-order chi connectivity index (χ0) is 14.7. The van der Waals surface area contributed by atoms with Crippen LogP contribution < -0.4 is 5.32 Å². The minimum Gasteiger partial charge on any atom is -0.387 e. The summed E-state index contributed by atoms with van der Waals surface area (Å²) in [6, 6.07) is 9.34. The van der Waals surface area contributed by atoms with Crippen LogP contribution in [0.3, 0.4) is 0 Å². The van der Waals surface area contributed by atoms with Crippen LogP contribution in [0.15, 0.2) is 40.9 Å². The van der Waals surface area contributed by atoms with E-state index in [1.165, 1.54) is 12.1 Å². The molecule has 0 radical (unpaired) electrons. The summed E-state index contributed by atoms with van der Waals surface area (Å²) >= 11 is 15.4. The Labute approximate surface area is 134 Å². The SMILES string of the molecule is OC(CNc1ccc(Br)c(Cl)c1Cl)c1cccc(F)c1. The predicted molar refractivity (Wildman–Crippen MR) is 84.0 cm³/mol. The molecule has 0 amide bonds. The first-order chi connectivity index (χ1) is 9.49. The number of anilines is 1. The Morgan fingerprint density at radius 2 is 1.95 bits per heavy atom. The maximum Gasteiger partial charge on any atom is 0.123 e. The van der Waals surface area contributed by atoms with Crippen LogP contribution in [0.25, 0.3) is 0 Å². The van der Waals surface area contributed by atoms with Crippen molar-refractivity contribution >= 4 is 44.8 Å². The van der Waals surface area contributed by atoms with Gasteiger partial charge in [-0.15, -0.1) is 0 Å². The number of aliphatic hydroxyl groups is 1. The maximum absolute atomic E-state index is 13.1. The molecule has 0 spiro atoms. The van der Waals surface area contributed by atoms with Gasteiger partial charge in [0.25, 0.3) is 0 Å². The summed E-state index contributed by atoms with van der Waals surface area (Å²) in [7, 11) is 0. The van der Waals surface area contributed by atoms with Crippen LogP contribution in [-0.2, 0) is 0 Å². The van der Waals surface area contributed by atoms with Gasteiger partial charge in [-0.1, -0.05) is 35.3 Å². The predicted octanol–water partition coefficient (Wildman–Crippen LogP) is 5.04. The van der Waals surface area contributed by atoms with Crippen LogP contribution >= 0.6 is 39.1 Å². The van der Waals surface area contributed by atoms with Gasteiger partial charge < -0.3 is 10.4 Å². The van der Waals surface area contributed by atoms with Crippen LogP contribution in [0, 0.1) is 5.82 Å². The molecule has 0 aliphatic carbocycles. The van der Waals surface area contributed by atoms with Crippen molar-refractivity contribution in [2.24, 2.45) is 0 Å². The molecule has 20 heavy (non-hydrogen) atoms. The van der Waals surface area contributed by atoms with E-state index in [2.05, 4.69) is 21.2 Å². The normalized spacial score (nSPS) is 12.2. The number of halogens is 4. The first kappa shape index (κ1) is 15.6. The highest BCUT2D eigenvalue weighted by Gasteiger charge is 2.11. The van der Waals surface area contributed by atoms with E-state index in [9.17, 15) is 9.50 Å². The standard InChI is InChI=1S/C14H11BrCl2FNO/c15-10-4-5-11(14(17)13(10)16)19-7-12(20)8-2-1-3-9(18)6-8/h1-6,12,19-20H,7H2. The van der Waals surface area contributed by atoms with Crippen LogP contribution in [-0.4, -0.2) is 11.7 Å². The number of aliphatic hydroxyl groups excluding tert-OH is 1. The van der Waals surface area contributed by atoms with Gasteiger partial charge in [-0.25, -0.2) is 4.39 Å². The molecule has 0 heterocycles. The molecule has 106 valence electrons. The second kappa shape index (κ2) is 6.76. The lowest BCUT2D eigenvalue weighted by molar-refractivity contribution is 0.191. The third-order valence-corrected chi connectivity index (χ3v) is 4.53. The quantitative estimate of drug-likeness (QED) is 0.730. The highest BCUT2D eigenvalue weighted by molar-refractivity contribution is 9.10. The number of nitrogens with one attached hydrogen (secondary N) is 1. The Morgan fingerprint density at radius 3 is 2.65 bits per heavy atom. The molecule has 1 unspecified atom stereocenters. The largest absolute Gasteiger partial charge is 0.387 e. The molecule has 2 aromatic carbocycles. The van der Waals surface area contributed by atoms with Crippen molar-refractivity contribution in [3.05, 3.63) is 62.3 Å². The minimum absolute atomic E-state index is 0.196. The van der Waals surface area contributed by atoms with E-state index in [4.69, 9.17) is 23.2 Å². The Hall–Kier alpha value is -0.810. The Bertz CT molecular complexity index is 624. The third kappa shape index (κ3) is 3.64. The number of benzene rings is 2. The van der Waals surface area contributed by atoms with Crippen molar-refractivity contribution in [2.75, 3.05) is 11.9 Å². The van der Waals surface area contributed by atoms with E-state index in [-0.39, 0.29) is 12.4 Å². The van der Waals surface area contributed by atoms with Crippen molar-refractivity contribution in [1.29, 1.82) is 0 Å². The summed E-state index contributed by atoms with van der Waals surface area (Å²) in [6.45, 7) is 0.196. The van der Waals surface area contributed by atoms with Gasteiger partial charge in [0.15, 0.2) is 0 Å². The van der Waals surface area contributed by atoms with Crippen molar-refractivity contribution in [1.82, 2.24) is 0 Å². The smallest absolute Gasteiger partial charge is 0.123 e. The molecule has 2 N–H and O–H groups in total. The van der Waals surface area contributed by atoms with E-state index >= 15 is 0 Å².